The molecule has 3 aromatic rings. The fourth-order valence-corrected chi connectivity index (χ4v) is 3.57. The van der Waals surface area contributed by atoms with Crippen LogP contribution < -0.4 is 10.9 Å². The largest absolute Gasteiger partial charge is 0.361 e. The fourth-order valence-electron chi connectivity index (χ4n) is 2.52. The summed E-state index contributed by atoms with van der Waals surface area (Å²) >= 11 is 1.66. The van der Waals surface area contributed by atoms with Crippen LogP contribution in [0.1, 0.15) is 55.7 Å². The number of H-pyrrole nitrogens is 1. The highest BCUT2D eigenvalue weighted by Crippen LogP contribution is 2.28. The third-order valence-electron chi connectivity index (χ3n) is 4.46. The van der Waals surface area contributed by atoms with Crippen LogP contribution in [0.25, 0.3) is 11.4 Å². The first-order chi connectivity index (χ1) is 12.6. The Morgan fingerprint density at radius 3 is 2.48 bits per heavy atom. The number of aromatic nitrogens is 4. The molecule has 0 aliphatic heterocycles. The number of nitrogens with zero attached hydrogens (tertiary/aromatic N) is 3. The van der Waals surface area contributed by atoms with Crippen molar-refractivity contribution < 1.29 is 0 Å². The number of pyridine rings is 1. The van der Waals surface area contributed by atoms with Crippen LogP contribution in [-0.2, 0) is 5.41 Å². The van der Waals surface area contributed by atoms with Crippen LogP contribution in [-0.4, -0.2) is 19.9 Å². The third kappa shape index (κ3) is 4.24. The zero-order valence-corrected chi connectivity index (χ0v) is 17.4. The van der Waals surface area contributed by atoms with E-state index in [1.165, 1.54) is 0 Å². The Kier molecular flexibility index (Phi) is 5.15. The summed E-state index contributed by atoms with van der Waals surface area (Å²) in [7, 11) is 0. The molecule has 0 saturated carbocycles. The molecule has 0 amide bonds. The second-order valence-corrected chi connectivity index (χ2v) is 8.63. The minimum atomic E-state index is -0.119. The number of hydrogen-bond donors (Lipinski definition) is 2. The minimum absolute atomic E-state index is 0.0461. The second-order valence-electron chi connectivity index (χ2n) is 7.74. The normalized spacial score (nSPS) is 12.8. The van der Waals surface area contributed by atoms with Crippen LogP contribution in [0.2, 0.25) is 0 Å². The Morgan fingerprint density at radius 1 is 1.19 bits per heavy atom. The molecule has 0 aliphatic rings. The molecule has 7 heteroatoms. The summed E-state index contributed by atoms with van der Waals surface area (Å²) in [6.07, 6.45) is 1.71. The first-order valence-electron chi connectivity index (χ1n) is 8.91. The van der Waals surface area contributed by atoms with E-state index in [4.69, 9.17) is 4.98 Å². The number of rotatable bonds is 4. The molecule has 3 rings (SSSR count). The number of anilines is 1. The molecule has 6 nitrogen and oxygen atoms in total. The molecule has 3 heterocycles. The first kappa shape index (κ1) is 19.2. The van der Waals surface area contributed by atoms with Gasteiger partial charge in [0.1, 0.15) is 16.6 Å². The minimum Gasteiger partial charge on any atom is -0.361 e. The zero-order chi connectivity index (χ0) is 19.8. The Balaban J connectivity index is 1.76. The SMILES string of the molecule is Cc1nc(-c2ccc(NC(C)c3nc(C(C)(C)C)cs3)nc2)[nH]c(=O)c1C. The molecule has 0 saturated heterocycles. The summed E-state index contributed by atoms with van der Waals surface area (Å²) in [5, 5.41) is 6.53. The maximum atomic E-state index is 11.9. The average molecular weight is 384 g/mol. The Bertz CT molecular complexity index is 998. The molecule has 27 heavy (non-hydrogen) atoms. The lowest BCUT2D eigenvalue weighted by Crippen LogP contribution is -2.14. The van der Waals surface area contributed by atoms with Crippen molar-refractivity contribution in [3.63, 3.8) is 0 Å². The third-order valence-corrected chi connectivity index (χ3v) is 5.48. The van der Waals surface area contributed by atoms with Crippen molar-refractivity contribution in [2.24, 2.45) is 0 Å². The smallest absolute Gasteiger partial charge is 0.254 e. The lowest BCUT2D eigenvalue weighted by Gasteiger charge is -2.15. The van der Waals surface area contributed by atoms with Gasteiger partial charge in [0.2, 0.25) is 0 Å². The van der Waals surface area contributed by atoms with Crippen molar-refractivity contribution >= 4 is 17.2 Å². The van der Waals surface area contributed by atoms with Gasteiger partial charge in [-0.1, -0.05) is 20.8 Å². The van der Waals surface area contributed by atoms with Gasteiger partial charge >= 0.3 is 0 Å². The molecule has 3 aromatic heterocycles. The molecule has 142 valence electrons. The van der Waals surface area contributed by atoms with E-state index < -0.39 is 0 Å². The van der Waals surface area contributed by atoms with Gasteiger partial charge in [-0.25, -0.2) is 15.0 Å². The van der Waals surface area contributed by atoms with E-state index in [2.05, 4.69) is 53.3 Å². The highest BCUT2D eigenvalue weighted by molar-refractivity contribution is 7.09. The molecule has 0 fully saturated rings. The molecular formula is C20H25N5OS. The van der Waals surface area contributed by atoms with E-state index in [9.17, 15) is 4.79 Å². The molecular weight excluding hydrogens is 358 g/mol. The number of aryl methyl sites for hydroxylation is 1. The van der Waals surface area contributed by atoms with E-state index in [0.29, 0.717) is 11.4 Å². The van der Waals surface area contributed by atoms with Crippen LogP contribution in [0.4, 0.5) is 5.82 Å². The van der Waals surface area contributed by atoms with E-state index in [1.807, 2.05) is 19.1 Å². The van der Waals surface area contributed by atoms with Crippen LogP contribution in [0.5, 0.6) is 0 Å². The molecule has 0 aromatic carbocycles. The predicted molar refractivity (Wildman–Crippen MR) is 110 cm³/mol. The quantitative estimate of drug-likeness (QED) is 0.699. The molecule has 2 N–H and O–H groups in total. The van der Waals surface area contributed by atoms with Gasteiger partial charge in [-0.15, -0.1) is 11.3 Å². The fraction of sp³-hybridized carbons (Fsp3) is 0.400. The van der Waals surface area contributed by atoms with Gasteiger partial charge in [-0.05, 0) is 32.9 Å². The number of hydrogen-bond acceptors (Lipinski definition) is 6. The zero-order valence-electron chi connectivity index (χ0n) is 16.5. The molecule has 0 aliphatic carbocycles. The summed E-state index contributed by atoms with van der Waals surface area (Å²) in [5.74, 6) is 1.29. The van der Waals surface area contributed by atoms with Crippen molar-refractivity contribution in [2.75, 3.05) is 5.32 Å². The molecule has 0 radical (unpaired) electrons. The van der Waals surface area contributed by atoms with Gasteiger partial charge in [-0.3, -0.25) is 4.79 Å². The Hall–Kier alpha value is -2.54. The summed E-state index contributed by atoms with van der Waals surface area (Å²) in [6, 6.07) is 3.85. The van der Waals surface area contributed by atoms with E-state index in [-0.39, 0.29) is 17.0 Å². The van der Waals surface area contributed by atoms with E-state index >= 15 is 0 Å². The summed E-state index contributed by atoms with van der Waals surface area (Å²) in [4.78, 5) is 28.4. The second kappa shape index (κ2) is 7.23. The summed E-state index contributed by atoms with van der Waals surface area (Å²) in [5.41, 5.74) is 3.17. The van der Waals surface area contributed by atoms with Gasteiger partial charge in [0.15, 0.2) is 0 Å². The monoisotopic (exact) mass is 383 g/mol. The van der Waals surface area contributed by atoms with Crippen LogP contribution in [0.3, 0.4) is 0 Å². The summed E-state index contributed by atoms with van der Waals surface area (Å²) < 4.78 is 0. The number of thiazole rings is 1. The van der Waals surface area contributed by atoms with Crippen molar-refractivity contribution in [1.29, 1.82) is 0 Å². The first-order valence-corrected chi connectivity index (χ1v) is 9.79. The highest BCUT2D eigenvalue weighted by atomic mass is 32.1. The van der Waals surface area contributed by atoms with Crippen LogP contribution in [0, 0.1) is 13.8 Å². The summed E-state index contributed by atoms with van der Waals surface area (Å²) in [6.45, 7) is 12.2. The maximum absolute atomic E-state index is 11.9. The van der Waals surface area contributed by atoms with Gasteiger partial charge in [0.05, 0.1) is 11.7 Å². The topological polar surface area (TPSA) is 83.6 Å². The number of aromatic amines is 1. The number of nitrogens with one attached hydrogen (secondary N) is 2. The lowest BCUT2D eigenvalue weighted by molar-refractivity contribution is 0.569. The molecule has 0 spiro atoms. The predicted octanol–water partition coefficient (Wildman–Crippen LogP) is 4.38. The van der Waals surface area contributed by atoms with Crippen molar-refractivity contribution in [3.05, 3.63) is 56.0 Å². The molecule has 1 unspecified atom stereocenters. The van der Waals surface area contributed by atoms with Crippen molar-refractivity contribution in [1.82, 2.24) is 19.9 Å². The van der Waals surface area contributed by atoms with Gasteiger partial charge in [0.25, 0.3) is 5.56 Å². The van der Waals surface area contributed by atoms with Crippen LogP contribution in [0.15, 0.2) is 28.5 Å². The van der Waals surface area contributed by atoms with E-state index in [1.54, 1.807) is 24.5 Å². The van der Waals surface area contributed by atoms with Crippen molar-refractivity contribution in [3.8, 4) is 11.4 Å². The average Bonchev–Trinajstić information content (AvgIpc) is 3.10. The van der Waals surface area contributed by atoms with E-state index in [0.717, 1.165) is 27.8 Å². The van der Waals surface area contributed by atoms with Crippen molar-refractivity contribution in [2.45, 2.75) is 53.0 Å². The van der Waals surface area contributed by atoms with Gasteiger partial charge < -0.3 is 10.3 Å². The Morgan fingerprint density at radius 2 is 1.93 bits per heavy atom. The van der Waals surface area contributed by atoms with Gasteiger partial charge in [-0.2, -0.15) is 0 Å². The lowest BCUT2D eigenvalue weighted by atomic mass is 9.93. The van der Waals surface area contributed by atoms with Gasteiger partial charge in [0, 0.05) is 33.8 Å². The molecule has 0 bridgehead atoms. The van der Waals surface area contributed by atoms with Crippen LogP contribution >= 0.6 is 11.3 Å². The highest BCUT2D eigenvalue weighted by Gasteiger charge is 2.19. The Labute approximate surface area is 163 Å². The standard InChI is InChI=1S/C20H25N5OS/c1-11-12(2)23-17(25-18(11)26)14-7-8-16(21-9-14)22-13(3)19-24-15(10-27-19)20(4,5)6/h7-10,13H,1-6H3,(H,21,22)(H,23,25,26). The molecule has 1 atom stereocenters. The maximum Gasteiger partial charge on any atom is 0.254 e.